The number of ether oxygens (including phenoxy) is 1. The predicted octanol–water partition coefficient (Wildman–Crippen LogP) is 3.63. The summed E-state index contributed by atoms with van der Waals surface area (Å²) in [7, 11) is 0. The maximum absolute atomic E-state index is 5.77. The van der Waals surface area contributed by atoms with Crippen LogP contribution in [0.4, 0.5) is 0 Å². The summed E-state index contributed by atoms with van der Waals surface area (Å²) in [4.78, 5) is 0. The molecule has 0 aliphatic rings. The van der Waals surface area contributed by atoms with Crippen molar-refractivity contribution in [1.29, 1.82) is 0 Å². The van der Waals surface area contributed by atoms with Crippen molar-refractivity contribution < 1.29 is 4.74 Å². The molecule has 0 bridgehead atoms. The van der Waals surface area contributed by atoms with Crippen LogP contribution in [-0.2, 0) is 4.74 Å². The molecule has 0 saturated heterocycles. The molecular formula is C16H27NO. The Morgan fingerprint density at radius 3 is 2.39 bits per heavy atom. The van der Waals surface area contributed by atoms with Crippen molar-refractivity contribution >= 4 is 0 Å². The first-order valence-electron chi connectivity index (χ1n) is 6.92. The minimum Gasteiger partial charge on any atom is -0.379 e. The topological polar surface area (TPSA) is 21.3 Å². The second-order valence-electron chi connectivity index (χ2n) is 5.39. The number of benzene rings is 1. The Labute approximate surface area is 112 Å². The maximum Gasteiger partial charge on any atom is 0.0661 e. The molecule has 0 radical (unpaired) electrons. The number of nitrogens with one attached hydrogen (secondary N) is 1. The van der Waals surface area contributed by atoms with Crippen LogP contribution in [0.15, 0.2) is 18.2 Å². The van der Waals surface area contributed by atoms with E-state index in [-0.39, 0.29) is 0 Å². The first kappa shape index (κ1) is 15.2. The van der Waals surface area contributed by atoms with Gasteiger partial charge in [-0.15, -0.1) is 0 Å². The smallest absolute Gasteiger partial charge is 0.0661 e. The molecule has 1 aromatic carbocycles. The van der Waals surface area contributed by atoms with Crippen LogP contribution in [-0.4, -0.2) is 19.8 Å². The van der Waals surface area contributed by atoms with Gasteiger partial charge in [-0.25, -0.2) is 0 Å². The van der Waals surface area contributed by atoms with Gasteiger partial charge in [0.1, 0.15) is 0 Å². The van der Waals surface area contributed by atoms with Gasteiger partial charge in [-0.2, -0.15) is 0 Å². The van der Waals surface area contributed by atoms with E-state index in [1.165, 1.54) is 16.7 Å². The molecule has 1 unspecified atom stereocenters. The maximum atomic E-state index is 5.77. The third-order valence-corrected chi connectivity index (χ3v) is 3.12. The Morgan fingerprint density at radius 2 is 1.83 bits per heavy atom. The van der Waals surface area contributed by atoms with Gasteiger partial charge in [0.2, 0.25) is 0 Å². The van der Waals surface area contributed by atoms with Crippen LogP contribution in [0.1, 0.15) is 43.5 Å². The molecule has 0 saturated carbocycles. The Hall–Kier alpha value is -0.860. The Balaban J connectivity index is 2.67. The highest BCUT2D eigenvalue weighted by Crippen LogP contribution is 2.17. The fraction of sp³-hybridized carbons (Fsp3) is 0.625. The second-order valence-corrected chi connectivity index (χ2v) is 5.39. The Morgan fingerprint density at radius 1 is 1.11 bits per heavy atom. The molecule has 2 nitrogen and oxygen atoms in total. The lowest BCUT2D eigenvalue weighted by Crippen LogP contribution is -2.26. The summed E-state index contributed by atoms with van der Waals surface area (Å²) in [6.07, 6.45) is 0. The van der Waals surface area contributed by atoms with Crippen molar-refractivity contribution in [1.82, 2.24) is 5.32 Å². The van der Waals surface area contributed by atoms with Crippen LogP contribution >= 0.6 is 0 Å². The molecule has 1 atom stereocenters. The third kappa shape index (κ3) is 4.79. The molecule has 0 spiro atoms. The molecular weight excluding hydrogens is 222 g/mol. The number of likely N-dealkylation sites (N-methyl/N-ethyl adjacent to an activating group) is 1. The largest absolute Gasteiger partial charge is 0.379 e. The summed E-state index contributed by atoms with van der Waals surface area (Å²) in [5, 5.41) is 3.49. The van der Waals surface area contributed by atoms with Gasteiger partial charge in [0.25, 0.3) is 0 Å². The molecule has 0 fully saturated rings. The van der Waals surface area contributed by atoms with Crippen LogP contribution in [0.25, 0.3) is 0 Å². The van der Waals surface area contributed by atoms with E-state index in [1.807, 2.05) is 0 Å². The van der Waals surface area contributed by atoms with E-state index in [2.05, 4.69) is 58.1 Å². The third-order valence-electron chi connectivity index (χ3n) is 3.12. The number of hydrogen-bond donors (Lipinski definition) is 1. The first-order chi connectivity index (χ1) is 8.54. The molecule has 1 rings (SSSR count). The molecule has 0 aliphatic carbocycles. The van der Waals surface area contributed by atoms with E-state index in [0.29, 0.717) is 12.0 Å². The first-order valence-corrected chi connectivity index (χ1v) is 6.92. The average molecular weight is 249 g/mol. The number of hydrogen-bond acceptors (Lipinski definition) is 2. The van der Waals surface area contributed by atoms with Gasteiger partial charge in [0.15, 0.2) is 0 Å². The van der Waals surface area contributed by atoms with Crippen molar-refractivity contribution in [3.05, 3.63) is 34.9 Å². The summed E-state index contributed by atoms with van der Waals surface area (Å²) in [6, 6.07) is 6.96. The van der Waals surface area contributed by atoms with Gasteiger partial charge in [0.05, 0.1) is 12.6 Å². The summed E-state index contributed by atoms with van der Waals surface area (Å²) < 4.78 is 5.77. The molecule has 1 N–H and O–H groups in total. The van der Waals surface area contributed by atoms with E-state index in [9.17, 15) is 0 Å². The van der Waals surface area contributed by atoms with Crippen molar-refractivity contribution in [3.63, 3.8) is 0 Å². The fourth-order valence-electron chi connectivity index (χ4n) is 1.92. The van der Waals surface area contributed by atoms with Crippen LogP contribution in [0.5, 0.6) is 0 Å². The number of aryl methyl sites for hydroxylation is 2. The van der Waals surface area contributed by atoms with Crippen LogP contribution < -0.4 is 5.32 Å². The minimum absolute atomic E-state index is 0.299. The van der Waals surface area contributed by atoms with Crippen molar-refractivity contribution in [2.24, 2.45) is 5.92 Å². The molecule has 0 aliphatic heterocycles. The second kappa shape index (κ2) is 7.55. The molecule has 2 heteroatoms. The van der Waals surface area contributed by atoms with Crippen molar-refractivity contribution in [3.8, 4) is 0 Å². The lowest BCUT2D eigenvalue weighted by molar-refractivity contribution is 0.0905. The Kier molecular flexibility index (Phi) is 6.37. The normalized spacial score (nSPS) is 13.0. The van der Waals surface area contributed by atoms with Crippen molar-refractivity contribution in [2.45, 2.75) is 40.7 Å². The SMILES string of the molecule is CCNC(COCC(C)C)c1ccc(C)c(C)c1. The molecule has 102 valence electrons. The van der Waals surface area contributed by atoms with Crippen LogP contribution in [0.3, 0.4) is 0 Å². The van der Waals surface area contributed by atoms with Gasteiger partial charge >= 0.3 is 0 Å². The van der Waals surface area contributed by atoms with E-state index in [0.717, 1.165) is 19.8 Å². The monoisotopic (exact) mass is 249 g/mol. The summed E-state index contributed by atoms with van der Waals surface area (Å²) >= 11 is 0. The van der Waals surface area contributed by atoms with Gasteiger partial charge < -0.3 is 10.1 Å². The summed E-state index contributed by atoms with van der Waals surface area (Å²) in [5.74, 6) is 0.590. The van der Waals surface area contributed by atoms with Crippen LogP contribution in [0.2, 0.25) is 0 Å². The van der Waals surface area contributed by atoms with Crippen molar-refractivity contribution in [2.75, 3.05) is 19.8 Å². The highest BCUT2D eigenvalue weighted by Gasteiger charge is 2.11. The van der Waals surface area contributed by atoms with E-state index in [4.69, 9.17) is 4.74 Å². The molecule has 1 aromatic rings. The minimum atomic E-state index is 0.299. The highest BCUT2D eigenvalue weighted by atomic mass is 16.5. The molecule has 0 amide bonds. The van der Waals surface area contributed by atoms with E-state index >= 15 is 0 Å². The van der Waals surface area contributed by atoms with E-state index < -0.39 is 0 Å². The van der Waals surface area contributed by atoms with Gasteiger partial charge in [-0.1, -0.05) is 39.0 Å². The molecule has 0 heterocycles. The zero-order valence-electron chi connectivity index (χ0n) is 12.4. The average Bonchev–Trinajstić information content (AvgIpc) is 2.31. The standard InChI is InChI=1S/C16H27NO/c1-6-17-16(11-18-10-12(2)3)15-8-7-13(4)14(5)9-15/h7-9,12,16-17H,6,10-11H2,1-5H3. The van der Waals surface area contributed by atoms with Gasteiger partial charge in [-0.05, 0) is 43.0 Å². The quantitative estimate of drug-likeness (QED) is 0.797. The lowest BCUT2D eigenvalue weighted by Gasteiger charge is -2.20. The zero-order valence-corrected chi connectivity index (χ0v) is 12.4. The number of rotatable bonds is 7. The van der Waals surface area contributed by atoms with Gasteiger partial charge in [-0.3, -0.25) is 0 Å². The highest BCUT2D eigenvalue weighted by molar-refractivity contribution is 5.31. The summed E-state index contributed by atoms with van der Waals surface area (Å²) in [6.45, 7) is 13.3. The predicted molar refractivity (Wildman–Crippen MR) is 78.0 cm³/mol. The molecule has 0 aromatic heterocycles. The summed E-state index contributed by atoms with van der Waals surface area (Å²) in [5.41, 5.74) is 4.01. The molecule has 18 heavy (non-hydrogen) atoms. The lowest BCUT2D eigenvalue weighted by atomic mass is 10.0. The van der Waals surface area contributed by atoms with Gasteiger partial charge in [0, 0.05) is 6.61 Å². The van der Waals surface area contributed by atoms with Crippen LogP contribution in [0, 0.1) is 19.8 Å². The fourth-order valence-corrected chi connectivity index (χ4v) is 1.92. The zero-order chi connectivity index (χ0) is 13.5. The Bertz CT molecular complexity index is 360. The van der Waals surface area contributed by atoms with E-state index in [1.54, 1.807) is 0 Å².